The van der Waals surface area contributed by atoms with Crippen molar-refractivity contribution in [1.29, 1.82) is 0 Å². The average Bonchev–Trinajstić information content (AvgIpc) is 2.46. The highest BCUT2D eigenvalue weighted by Crippen LogP contribution is 2.27. The van der Waals surface area contributed by atoms with Gasteiger partial charge in [-0.1, -0.05) is 25.3 Å². The van der Waals surface area contributed by atoms with Crippen molar-refractivity contribution in [3.8, 4) is 0 Å². The predicted molar refractivity (Wildman–Crippen MR) is 83.1 cm³/mol. The van der Waals surface area contributed by atoms with Crippen molar-refractivity contribution in [2.75, 3.05) is 11.9 Å². The van der Waals surface area contributed by atoms with E-state index in [1.165, 1.54) is 43.9 Å². The van der Waals surface area contributed by atoms with Gasteiger partial charge in [-0.2, -0.15) is 0 Å². The van der Waals surface area contributed by atoms with Crippen LogP contribution in [0, 0.1) is 6.92 Å². The molecule has 0 heterocycles. The number of aryl methyl sites for hydroxylation is 1. The SMILES string of the molecule is Cc1cc(N(C)C2CCCCC2)ccc1C=CC(=O)O. The Hall–Kier alpha value is -1.77. The Bertz CT molecular complexity index is 502. The Kier molecular flexibility index (Phi) is 4.83. The fourth-order valence-electron chi connectivity index (χ4n) is 2.91. The van der Waals surface area contributed by atoms with E-state index in [1.54, 1.807) is 6.08 Å². The van der Waals surface area contributed by atoms with Crippen LogP contribution in [0.15, 0.2) is 24.3 Å². The molecule has 1 aliphatic carbocycles. The van der Waals surface area contributed by atoms with Crippen molar-refractivity contribution < 1.29 is 9.90 Å². The minimum Gasteiger partial charge on any atom is -0.478 e. The highest BCUT2D eigenvalue weighted by Gasteiger charge is 2.18. The molecule has 0 aromatic heterocycles. The average molecular weight is 273 g/mol. The van der Waals surface area contributed by atoms with Gasteiger partial charge in [-0.25, -0.2) is 4.79 Å². The summed E-state index contributed by atoms with van der Waals surface area (Å²) in [5.41, 5.74) is 3.30. The third kappa shape index (κ3) is 3.62. The van der Waals surface area contributed by atoms with Gasteiger partial charge >= 0.3 is 5.97 Å². The van der Waals surface area contributed by atoms with Crippen molar-refractivity contribution in [1.82, 2.24) is 0 Å². The van der Waals surface area contributed by atoms with Crippen molar-refractivity contribution in [2.24, 2.45) is 0 Å². The van der Waals surface area contributed by atoms with E-state index in [2.05, 4.69) is 24.1 Å². The summed E-state index contributed by atoms with van der Waals surface area (Å²) in [4.78, 5) is 12.9. The van der Waals surface area contributed by atoms with Crippen LogP contribution in [0.1, 0.15) is 43.2 Å². The Morgan fingerprint density at radius 2 is 2.00 bits per heavy atom. The lowest BCUT2D eigenvalue weighted by Gasteiger charge is -2.33. The zero-order valence-corrected chi connectivity index (χ0v) is 12.3. The lowest BCUT2D eigenvalue weighted by atomic mass is 9.94. The number of hydrogen-bond acceptors (Lipinski definition) is 2. The lowest BCUT2D eigenvalue weighted by molar-refractivity contribution is -0.131. The van der Waals surface area contributed by atoms with Gasteiger partial charge in [0.05, 0.1) is 0 Å². The van der Waals surface area contributed by atoms with Crippen LogP contribution in [0.25, 0.3) is 6.08 Å². The second-order valence-corrected chi connectivity index (χ2v) is 5.62. The monoisotopic (exact) mass is 273 g/mol. The first-order chi connectivity index (χ1) is 9.58. The molecule has 0 spiro atoms. The number of aliphatic carboxylic acids is 1. The molecule has 2 rings (SSSR count). The summed E-state index contributed by atoms with van der Waals surface area (Å²) in [6, 6.07) is 6.88. The third-order valence-corrected chi connectivity index (χ3v) is 4.19. The lowest BCUT2D eigenvalue weighted by Crippen LogP contribution is -2.33. The minimum atomic E-state index is -0.909. The predicted octanol–water partition coefficient (Wildman–Crippen LogP) is 3.86. The number of nitrogens with zero attached hydrogens (tertiary/aromatic N) is 1. The van der Waals surface area contributed by atoms with E-state index in [1.807, 2.05) is 13.0 Å². The summed E-state index contributed by atoms with van der Waals surface area (Å²) < 4.78 is 0. The summed E-state index contributed by atoms with van der Waals surface area (Å²) in [5.74, 6) is -0.909. The number of carboxylic acids is 1. The van der Waals surface area contributed by atoms with E-state index in [0.29, 0.717) is 6.04 Å². The topological polar surface area (TPSA) is 40.5 Å². The van der Waals surface area contributed by atoms with E-state index >= 15 is 0 Å². The molecule has 20 heavy (non-hydrogen) atoms. The molecule has 3 heteroatoms. The van der Waals surface area contributed by atoms with Crippen molar-refractivity contribution in [3.63, 3.8) is 0 Å². The molecule has 108 valence electrons. The molecule has 3 nitrogen and oxygen atoms in total. The number of carboxylic acid groups (broad SMARTS) is 1. The molecule has 0 bridgehead atoms. The van der Waals surface area contributed by atoms with Gasteiger partial charge in [-0.05, 0) is 49.1 Å². The van der Waals surface area contributed by atoms with E-state index < -0.39 is 5.97 Å². The van der Waals surface area contributed by atoms with Crippen LogP contribution in [-0.4, -0.2) is 24.2 Å². The maximum absolute atomic E-state index is 10.6. The molecular weight excluding hydrogens is 250 g/mol. The molecule has 1 aliphatic rings. The number of carbonyl (C=O) groups is 1. The molecule has 1 aromatic carbocycles. The summed E-state index contributed by atoms with van der Waals surface area (Å²) >= 11 is 0. The molecule has 0 saturated heterocycles. The smallest absolute Gasteiger partial charge is 0.328 e. The fourth-order valence-corrected chi connectivity index (χ4v) is 2.91. The first-order valence-corrected chi connectivity index (χ1v) is 7.32. The zero-order chi connectivity index (χ0) is 14.5. The molecule has 0 aliphatic heterocycles. The highest BCUT2D eigenvalue weighted by atomic mass is 16.4. The Balaban J connectivity index is 2.13. The third-order valence-electron chi connectivity index (χ3n) is 4.19. The van der Waals surface area contributed by atoms with Crippen LogP contribution in [0.2, 0.25) is 0 Å². The first kappa shape index (κ1) is 14.6. The maximum atomic E-state index is 10.6. The molecule has 1 aromatic rings. The van der Waals surface area contributed by atoms with Crippen LogP contribution in [0.5, 0.6) is 0 Å². The van der Waals surface area contributed by atoms with Gasteiger partial charge in [0.15, 0.2) is 0 Å². The standard InChI is InChI=1S/C17H23NO2/c1-13-12-16(10-8-14(13)9-11-17(19)20)18(2)15-6-4-3-5-7-15/h8-12,15H,3-7H2,1-2H3,(H,19,20). The number of hydrogen-bond donors (Lipinski definition) is 1. The molecule has 0 atom stereocenters. The van der Waals surface area contributed by atoms with Crippen LogP contribution in [-0.2, 0) is 4.79 Å². The van der Waals surface area contributed by atoms with Crippen molar-refractivity contribution in [2.45, 2.75) is 45.1 Å². The van der Waals surface area contributed by atoms with Gasteiger partial charge in [0.25, 0.3) is 0 Å². The second kappa shape index (κ2) is 6.60. The van der Waals surface area contributed by atoms with Crippen LogP contribution in [0.4, 0.5) is 5.69 Å². The largest absolute Gasteiger partial charge is 0.478 e. The Labute approximate surface area is 120 Å². The zero-order valence-electron chi connectivity index (χ0n) is 12.3. The molecular formula is C17H23NO2. The number of rotatable bonds is 4. The van der Waals surface area contributed by atoms with Crippen LogP contribution in [0.3, 0.4) is 0 Å². The van der Waals surface area contributed by atoms with Crippen LogP contribution >= 0.6 is 0 Å². The van der Waals surface area contributed by atoms with Crippen molar-refractivity contribution >= 4 is 17.7 Å². The van der Waals surface area contributed by atoms with Crippen molar-refractivity contribution in [3.05, 3.63) is 35.4 Å². The fraction of sp³-hybridized carbons (Fsp3) is 0.471. The Morgan fingerprint density at radius 3 is 2.60 bits per heavy atom. The number of anilines is 1. The highest BCUT2D eigenvalue weighted by molar-refractivity contribution is 5.85. The molecule has 1 saturated carbocycles. The van der Waals surface area contributed by atoms with Gasteiger partial charge in [0, 0.05) is 24.9 Å². The van der Waals surface area contributed by atoms with Gasteiger partial charge in [-0.3, -0.25) is 0 Å². The van der Waals surface area contributed by atoms with Gasteiger partial charge in [-0.15, -0.1) is 0 Å². The van der Waals surface area contributed by atoms with E-state index in [-0.39, 0.29) is 0 Å². The molecule has 0 radical (unpaired) electrons. The Morgan fingerprint density at radius 1 is 1.30 bits per heavy atom. The van der Waals surface area contributed by atoms with E-state index in [4.69, 9.17) is 5.11 Å². The molecule has 0 unspecified atom stereocenters. The van der Waals surface area contributed by atoms with E-state index in [0.717, 1.165) is 11.1 Å². The van der Waals surface area contributed by atoms with Gasteiger partial charge in [0.2, 0.25) is 0 Å². The summed E-state index contributed by atoms with van der Waals surface area (Å²) in [7, 11) is 2.16. The minimum absolute atomic E-state index is 0.642. The summed E-state index contributed by atoms with van der Waals surface area (Å²) in [5, 5.41) is 8.68. The quantitative estimate of drug-likeness (QED) is 0.847. The first-order valence-electron chi connectivity index (χ1n) is 7.32. The maximum Gasteiger partial charge on any atom is 0.328 e. The normalized spacial score (nSPS) is 16.5. The molecule has 1 N–H and O–H groups in total. The molecule has 1 fully saturated rings. The summed E-state index contributed by atoms with van der Waals surface area (Å²) in [6.45, 7) is 2.03. The van der Waals surface area contributed by atoms with Gasteiger partial charge in [0.1, 0.15) is 0 Å². The van der Waals surface area contributed by atoms with E-state index in [9.17, 15) is 4.79 Å². The van der Waals surface area contributed by atoms with Gasteiger partial charge < -0.3 is 10.0 Å². The second-order valence-electron chi connectivity index (χ2n) is 5.62. The molecule has 0 amide bonds. The number of benzene rings is 1. The van der Waals surface area contributed by atoms with Crippen LogP contribution < -0.4 is 4.90 Å². The summed E-state index contributed by atoms with van der Waals surface area (Å²) in [6.07, 6.45) is 9.41.